The van der Waals surface area contributed by atoms with Gasteiger partial charge >= 0.3 is 5.97 Å². The Labute approximate surface area is 118 Å². The van der Waals surface area contributed by atoms with Gasteiger partial charge < -0.3 is 5.11 Å². The smallest absolute Gasteiger partial charge is 0.314 e. The van der Waals surface area contributed by atoms with Crippen LogP contribution in [0.5, 0.6) is 0 Å². The number of carbonyl (C=O) groups is 1. The maximum atomic E-state index is 11.9. The molecule has 1 N–H and O–H groups in total. The van der Waals surface area contributed by atoms with Crippen molar-refractivity contribution in [3.8, 4) is 0 Å². The normalized spacial score (nSPS) is 20.6. The Bertz CT molecular complexity index is 624. The third-order valence-corrected chi connectivity index (χ3v) is 4.30. The van der Waals surface area contributed by atoms with Crippen molar-refractivity contribution in [3.05, 3.63) is 65.5 Å². The van der Waals surface area contributed by atoms with Crippen molar-refractivity contribution in [3.63, 3.8) is 0 Å². The van der Waals surface area contributed by atoms with Gasteiger partial charge in [-0.2, -0.15) is 0 Å². The number of benzene rings is 1. The summed E-state index contributed by atoms with van der Waals surface area (Å²) in [4.78, 5) is 16.2. The molecule has 20 heavy (non-hydrogen) atoms. The van der Waals surface area contributed by atoms with Gasteiger partial charge in [0, 0.05) is 11.9 Å². The highest BCUT2D eigenvalue weighted by atomic mass is 16.4. The van der Waals surface area contributed by atoms with Crippen molar-refractivity contribution in [1.29, 1.82) is 0 Å². The molecule has 1 aliphatic rings. The van der Waals surface area contributed by atoms with Crippen LogP contribution in [0, 0.1) is 0 Å². The Morgan fingerprint density at radius 3 is 2.75 bits per heavy atom. The average Bonchev–Trinajstić information content (AvgIpc) is 2.87. The highest BCUT2D eigenvalue weighted by molar-refractivity contribution is 5.83. The summed E-state index contributed by atoms with van der Waals surface area (Å²) < 4.78 is 0. The number of hydrogen-bond donors (Lipinski definition) is 1. The minimum atomic E-state index is -0.742. The van der Waals surface area contributed by atoms with Crippen LogP contribution in [0.1, 0.15) is 29.7 Å². The van der Waals surface area contributed by atoms with Crippen LogP contribution in [0.15, 0.2) is 48.7 Å². The van der Waals surface area contributed by atoms with E-state index in [1.165, 1.54) is 5.56 Å². The van der Waals surface area contributed by atoms with Crippen molar-refractivity contribution in [2.45, 2.75) is 31.1 Å². The van der Waals surface area contributed by atoms with Gasteiger partial charge in [0.05, 0.1) is 5.41 Å². The maximum Gasteiger partial charge on any atom is 0.314 e. The fraction of sp³-hybridized carbons (Fsp3) is 0.294. The number of nitrogens with zero attached hydrogens (tertiary/aromatic N) is 1. The Hall–Kier alpha value is -2.16. The van der Waals surface area contributed by atoms with Crippen LogP contribution in [-0.4, -0.2) is 16.1 Å². The van der Waals surface area contributed by atoms with E-state index in [4.69, 9.17) is 0 Å². The fourth-order valence-electron chi connectivity index (χ4n) is 3.16. The second-order valence-electron chi connectivity index (χ2n) is 5.37. The van der Waals surface area contributed by atoms with Crippen LogP contribution < -0.4 is 0 Å². The molecule has 1 heterocycles. The van der Waals surface area contributed by atoms with E-state index in [1.807, 2.05) is 42.5 Å². The molecule has 1 aliphatic carbocycles. The van der Waals surface area contributed by atoms with Gasteiger partial charge in [-0.3, -0.25) is 9.78 Å². The Kier molecular flexibility index (Phi) is 3.26. The molecule has 3 nitrogen and oxygen atoms in total. The van der Waals surface area contributed by atoms with E-state index in [0.29, 0.717) is 19.3 Å². The molecule has 0 saturated heterocycles. The Morgan fingerprint density at radius 1 is 1.20 bits per heavy atom. The van der Waals surface area contributed by atoms with Gasteiger partial charge in [-0.15, -0.1) is 0 Å². The number of aromatic nitrogens is 1. The van der Waals surface area contributed by atoms with Crippen LogP contribution in [0.4, 0.5) is 0 Å². The van der Waals surface area contributed by atoms with Gasteiger partial charge in [-0.1, -0.05) is 30.3 Å². The summed E-state index contributed by atoms with van der Waals surface area (Å²) in [5, 5.41) is 9.77. The number of aliphatic carboxylic acids is 1. The van der Waals surface area contributed by atoms with E-state index in [2.05, 4.69) is 4.98 Å². The molecule has 0 aliphatic heterocycles. The number of carboxylic acids is 1. The van der Waals surface area contributed by atoms with Crippen LogP contribution in [0.2, 0.25) is 0 Å². The largest absolute Gasteiger partial charge is 0.481 e. The third kappa shape index (κ3) is 2.09. The first-order chi connectivity index (χ1) is 9.72. The lowest BCUT2D eigenvalue weighted by Gasteiger charge is -2.25. The first-order valence-electron chi connectivity index (χ1n) is 6.94. The van der Waals surface area contributed by atoms with E-state index >= 15 is 0 Å². The Balaban J connectivity index is 1.89. The standard InChI is InChI=1S/C17H17NO2/c19-16(20)17(11-9-14-6-3-4-12-18-14)10-8-13-5-1-2-7-15(13)17/h1-7,12H,8-11H2,(H,19,20). The lowest BCUT2D eigenvalue weighted by atomic mass is 9.77. The zero-order valence-corrected chi connectivity index (χ0v) is 11.2. The molecular weight excluding hydrogens is 250 g/mol. The number of carboxylic acid groups (broad SMARTS) is 1. The van der Waals surface area contributed by atoms with Gasteiger partial charge in [0.1, 0.15) is 0 Å². The Morgan fingerprint density at radius 2 is 2.00 bits per heavy atom. The minimum Gasteiger partial charge on any atom is -0.481 e. The molecule has 0 radical (unpaired) electrons. The lowest BCUT2D eigenvalue weighted by Crippen LogP contribution is -2.34. The molecule has 102 valence electrons. The predicted octanol–water partition coefficient (Wildman–Crippen LogP) is 2.98. The molecule has 2 aromatic rings. The van der Waals surface area contributed by atoms with Crippen molar-refractivity contribution < 1.29 is 9.90 Å². The predicted molar refractivity (Wildman–Crippen MR) is 76.6 cm³/mol. The van der Waals surface area contributed by atoms with Gasteiger partial charge in [0.25, 0.3) is 0 Å². The van der Waals surface area contributed by atoms with Crippen molar-refractivity contribution in [2.24, 2.45) is 0 Å². The number of aryl methyl sites for hydroxylation is 2. The van der Waals surface area contributed by atoms with Crippen LogP contribution in [0.25, 0.3) is 0 Å². The zero-order chi connectivity index (χ0) is 14.0. The summed E-state index contributed by atoms with van der Waals surface area (Å²) in [6, 6.07) is 13.7. The van der Waals surface area contributed by atoms with Crippen LogP contribution in [0.3, 0.4) is 0 Å². The van der Waals surface area contributed by atoms with Crippen molar-refractivity contribution in [2.75, 3.05) is 0 Å². The molecule has 1 atom stereocenters. The third-order valence-electron chi connectivity index (χ3n) is 4.30. The molecule has 0 fully saturated rings. The number of hydrogen-bond acceptors (Lipinski definition) is 2. The topological polar surface area (TPSA) is 50.2 Å². The monoisotopic (exact) mass is 267 g/mol. The highest BCUT2D eigenvalue weighted by Crippen LogP contribution is 2.42. The van der Waals surface area contributed by atoms with Crippen LogP contribution >= 0.6 is 0 Å². The zero-order valence-electron chi connectivity index (χ0n) is 11.2. The summed E-state index contributed by atoms with van der Waals surface area (Å²) in [6.45, 7) is 0. The van der Waals surface area contributed by atoms with Gasteiger partial charge in [-0.25, -0.2) is 0 Å². The van der Waals surface area contributed by atoms with Crippen molar-refractivity contribution in [1.82, 2.24) is 4.98 Å². The molecular formula is C17H17NO2. The van der Waals surface area contributed by atoms with Gasteiger partial charge in [0.15, 0.2) is 0 Å². The average molecular weight is 267 g/mol. The van der Waals surface area contributed by atoms with E-state index in [1.54, 1.807) is 6.20 Å². The van der Waals surface area contributed by atoms with E-state index in [-0.39, 0.29) is 0 Å². The number of rotatable bonds is 4. The minimum absolute atomic E-state index is 0.608. The number of pyridine rings is 1. The van der Waals surface area contributed by atoms with E-state index < -0.39 is 11.4 Å². The molecule has 0 spiro atoms. The van der Waals surface area contributed by atoms with Crippen molar-refractivity contribution >= 4 is 5.97 Å². The fourth-order valence-corrected chi connectivity index (χ4v) is 3.16. The quantitative estimate of drug-likeness (QED) is 0.926. The summed E-state index contributed by atoms with van der Waals surface area (Å²) in [5.74, 6) is -0.710. The molecule has 1 aromatic carbocycles. The maximum absolute atomic E-state index is 11.9. The summed E-state index contributed by atoms with van der Waals surface area (Å²) in [5.41, 5.74) is 2.38. The highest BCUT2D eigenvalue weighted by Gasteiger charge is 2.44. The first kappa shape index (κ1) is 12.9. The second kappa shape index (κ2) is 5.08. The molecule has 3 heteroatoms. The molecule has 3 rings (SSSR count). The first-order valence-corrected chi connectivity index (χ1v) is 6.94. The van der Waals surface area contributed by atoms with Crippen LogP contribution in [-0.2, 0) is 23.1 Å². The second-order valence-corrected chi connectivity index (χ2v) is 5.37. The lowest BCUT2D eigenvalue weighted by molar-refractivity contribution is -0.144. The van der Waals surface area contributed by atoms with E-state index in [0.717, 1.165) is 17.7 Å². The molecule has 0 bridgehead atoms. The molecule has 0 amide bonds. The summed E-state index contributed by atoms with van der Waals surface area (Å²) in [7, 11) is 0. The summed E-state index contributed by atoms with van der Waals surface area (Å²) in [6.07, 6.45) is 4.60. The number of fused-ring (bicyclic) bond motifs is 1. The van der Waals surface area contributed by atoms with E-state index in [9.17, 15) is 9.90 Å². The molecule has 0 saturated carbocycles. The summed E-state index contributed by atoms with van der Waals surface area (Å²) >= 11 is 0. The van der Waals surface area contributed by atoms with Gasteiger partial charge in [0.2, 0.25) is 0 Å². The van der Waals surface area contributed by atoms with Gasteiger partial charge in [-0.05, 0) is 48.9 Å². The SMILES string of the molecule is O=C(O)C1(CCc2ccccn2)CCc2ccccc21. The molecule has 1 aromatic heterocycles. The molecule has 1 unspecified atom stereocenters.